The van der Waals surface area contributed by atoms with E-state index in [9.17, 15) is 14.4 Å². The topological polar surface area (TPSA) is 96.9 Å². The quantitative estimate of drug-likeness (QED) is 0.248. The van der Waals surface area contributed by atoms with Crippen LogP contribution in [0.1, 0.15) is 31.8 Å². The molecule has 8 heteroatoms. The van der Waals surface area contributed by atoms with Crippen molar-refractivity contribution in [2.45, 2.75) is 6.92 Å². The zero-order valence-corrected chi connectivity index (χ0v) is 17.9. The summed E-state index contributed by atoms with van der Waals surface area (Å²) >= 11 is 5.84. The Bertz CT molecular complexity index is 1160. The molecule has 2 N–H and O–H groups in total. The molecule has 2 amide bonds. The average Bonchev–Trinajstić information content (AvgIpc) is 2.79. The minimum absolute atomic E-state index is 0.240. The second kappa shape index (κ2) is 10.9. The van der Waals surface area contributed by atoms with Crippen LogP contribution in [-0.4, -0.2) is 30.5 Å². The van der Waals surface area contributed by atoms with Gasteiger partial charge in [0.25, 0.3) is 11.8 Å². The zero-order valence-electron chi connectivity index (χ0n) is 17.2. The van der Waals surface area contributed by atoms with E-state index < -0.39 is 17.8 Å². The lowest BCUT2D eigenvalue weighted by Crippen LogP contribution is -2.34. The highest BCUT2D eigenvalue weighted by molar-refractivity contribution is 6.31. The summed E-state index contributed by atoms with van der Waals surface area (Å²) in [6, 6.07) is 20.2. The van der Waals surface area contributed by atoms with E-state index in [1.165, 1.54) is 12.3 Å². The second-order valence-electron chi connectivity index (χ2n) is 6.76. The molecular formula is C24H20ClN3O4. The summed E-state index contributed by atoms with van der Waals surface area (Å²) in [7, 11) is 0. The standard InChI is InChI=1S/C24H20ClN3O4/c1-16-5-2-3-8-21(16)24(31)32-20-11-9-17(10-12-20)14-27-28-22(29)15-26-23(30)18-6-4-7-19(25)13-18/h2-14H,15H2,1H3,(H,26,30)(H,28,29)/b27-14+. The van der Waals surface area contributed by atoms with E-state index in [4.69, 9.17) is 16.3 Å². The number of hydrazone groups is 1. The molecule has 162 valence electrons. The zero-order chi connectivity index (χ0) is 22.9. The van der Waals surface area contributed by atoms with Crippen molar-refractivity contribution >= 4 is 35.6 Å². The fourth-order valence-corrected chi connectivity index (χ4v) is 2.89. The third-order valence-electron chi connectivity index (χ3n) is 4.35. The van der Waals surface area contributed by atoms with Gasteiger partial charge in [0.2, 0.25) is 0 Å². The molecule has 7 nitrogen and oxygen atoms in total. The van der Waals surface area contributed by atoms with Crippen LogP contribution >= 0.6 is 11.6 Å². The first-order valence-corrected chi connectivity index (χ1v) is 10.0. The lowest BCUT2D eigenvalue weighted by Gasteiger charge is -2.06. The monoisotopic (exact) mass is 449 g/mol. The van der Waals surface area contributed by atoms with E-state index in [0.717, 1.165) is 5.56 Å². The van der Waals surface area contributed by atoms with Crippen molar-refractivity contribution in [3.63, 3.8) is 0 Å². The van der Waals surface area contributed by atoms with Gasteiger partial charge >= 0.3 is 5.97 Å². The number of benzene rings is 3. The molecule has 3 rings (SSSR count). The van der Waals surface area contributed by atoms with Crippen molar-refractivity contribution in [1.29, 1.82) is 0 Å². The van der Waals surface area contributed by atoms with Gasteiger partial charge in [-0.05, 0) is 66.6 Å². The van der Waals surface area contributed by atoms with Crippen molar-refractivity contribution in [3.05, 3.63) is 100 Å². The Labute approximate surface area is 190 Å². The molecule has 0 saturated heterocycles. The molecule has 0 atom stereocenters. The van der Waals surface area contributed by atoms with Gasteiger partial charge in [-0.1, -0.05) is 35.9 Å². The normalized spacial score (nSPS) is 10.6. The van der Waals surface area contributed by atoms with Gasteiger partial charge in [-0.2, -0.15) is 5.10 Å². The number of amides is 2. The number of aryl methyl sites for hydroxylation is 1. The molecule has 0 spiro atoms. The molecule has 0 unspecified atom stereocenters. The minimum atomic E-state index is -0.486. The van der Waals surface area contributed by atoms with Gasteiger partial charge in [0, 0.05) is 10.6 Å². The van der Waals surface area contributed by atoms with Gasteiger partial charge < -0.3 is 10.1 Å². The van der Waals surface area contributed by atoms with Crippen LogP contribution in [0.25, 0.3) is 0 Å². The van der Waals surface area contributed by atoms with Crippen LogP contribution in [0.3, 0.4) is 0 Å². The summed E-state index contributed by atoms with van der Waals surface area (Å²) in [5, 5.41) is 6.77. The van der Waals surface area contributed by atoms with E-state index in [2.05, 4.69) is 15.8 Å². The number of nitrogens with one attached hydrogen (secondary N) is 2. The first-order valence-electron chi connectivity index (χ1n) is 9.66. The van der Waals surface area contributed by atoms with Gasteiger partial charge in [0.15, 0.2) is 0 Å². The molecule has 3 aromatic rings. The average molecular weight is 450 g/mol. The molecule has 0 aromatic heterocycles. The number of rotatable bonds is 7. The van der Waals surface area contributed by atoms with E-state index in [0.29, 0.717) is 27.5 Å². The summed E-state index contributed by atoms with van der Waals surface area (Å²) in [5.74, 6) is -0.942. The highest BCUT2D eigenvalue weighted by Gasteiger charge is 2.11. The van der Waals surface area contributed by atoms with E-state index in [1.807, 2.05) is 19.1 Å². The Morgan fingerprint density at radius 2 is 1.75 bits per heavy atom. The van der Waals surface area contributed by atoms with Crippen LogP contribution < -0.4 is 15.5 Å². The predicted octanol–water partition coefficient (Wildman–Crippen LogP) is 3.75. The van der Waals surface area contributed by atoms with E-state index >= 15 is 0 Å². The summed E-state index contributed by atoms with van der Waals surface area (Å²) in [6.45, 7) is 1.60. The highest BCUT2D eigenvalue weighted by atomic mass is 35.5. The lowest BCUT2D eigenvalue weighted by molar-refractivity contribution is -0.120. The van der Waals surface area contributed by atoms with Crippen LogP contribution in [0.2, 0.25) is 5.02 Å². The SMILES string of the molecule is Cc1ccccc1C(=O)Oc1ccc(/C=N/NC(=O)CNC(=O)c2cccc(Cl)c2)cc1. The highest BCUT2D eigenvalue weighted by Crippen LogP contribution is 2.15. The molecule has 32 heavy (non-hydrogen) atoms. The largest absolute Gasteiger partial charge is 0.423 e. The van der Waals surface area contributed by atoms with Crippen molar-refractivity contribution in [3.8, 4) is 5.75 Å². The molecule has 0 radical (unpaired) electrons. The van der Waals surface area contributed by atoms with Crippen molar-refractivity contribution < 1.29 is 19.1 Å². The van der Waals surface area contributed by atoms with Gasteiger partial charge in [-0.3, -0.25) is 9.59 Å². The third-order valence-corrected chi connectivity index (χ3v) is 4.59. The van der Waals surface area contributed by atoms with E-state index in [1.54, 1.807) is 54.6 Å². The Morgan fingerprint density at radius 3 is 2.47 bits per heavy atom. The van der Waals surface area contributed by atoms with Crippen molar-refractivity contribution in [2.24, 2.45) is 5.10 Å². The summed E-state index contributed by atoms with van der Waals surface area (Å²) in [6.07, 6.45) is 1.43. The summed E-state index contributed by atoms with van der Waals surface area (Å²) in [5.41, 5.74) is 4.71. The van der Waals surface area contributed by atoms with E-state index in [-0.39, 0.29) is 6.54 Å². The number of nitrogens with zero attached hydrogens (tertiary/aromatic N) is 1. The summed E-state index contributed by atoms with van der Waals surface area (Å²) in [4.78, 5) is 36.1. The fraction of sp³-hybridized carbons (Fsp3) is 0.0833. The number of hydrogen-bond acceptors (Lipinski definition) is 5. The van der Waals surface area contributed by atoms with Gasteiger partial charge in [-0.25, -0.2) is 10.2 Å². The molecule has 0 heterocycles. The number of hydrogen-bond donors (Lipinski definition) is 2. The predicted molar refractivity (Wildman–Crippen MR) is 122 cm³/mol. The molecule has 0 fully saturated rings. The van der Waals surface area contributed by atoms with Crippen LogP contribution in [0, 0.1) is 6.92 Å². The number of esters is 1. The first-order chi connectivity index (χ1) is 15.4. The van der Waals surface area contributed by atoms with Crippen LogP contribution in [0.15, 0.2) is 77.9 Å². The Balaban J connectivity index is 1.46. The van der Waals surface area contributed by atoms with Crippen LogP contribution in [0.4, 0.5) is 0 Å². The number of carbonyl (C=O) groups is 3. The van der Waals surface area contributed by atoms with Crippen LogP contribution in [-0.2, 0) is 4.79 Å². The maximum Gasteiger partial charge on any atom is 0.343 e. The Hall–Kier alpha value is -3.97. The Morgan fingerprint density at radius 1 is 1.00 bits per heavy atom. The van der Waals surface area contributed by atoms with Gasteiger partial charge in [0.1, 0.15) is 5.75 Å². The van der Waals surface area contributed by atoms with Crippen LogP contribution in [0.5, 0.6) is 5.75 Å². The van der Waals surface area contributed by atoms with Crippen molar-refractivity contribution in [1.82, 2.24) is 10.7 Å². The third kappa shape index (κ3) is 6.52. The molecular weight excluding hydrogens is 430 g/mol. The maximum atomic E-state index is 12.3. The molecule has 0 saturated carbocycles. The minimum Gasteiger partial charge on any atom is -0.423 e. The van der Waals surface area contributed by atoms with Gasteiger partial charge in [0.05, 0.1) is 18.3 Å². The van der Waals surface area contributed by atoms with Crippen molar-refractivity contribution in [2.75, 3.05) is 6.54 Å². The fourth-order valence-electron chi connectivity index (χ4n) is 2.70. The number of ether oxygens (including phenoxy) is 1. The maximum absolute atomic E-state index is 12.3. The van der Waals surface area contributed by atoms with Gasteiger partial charge in [-0.15, -0.1) is 0 Å². The molecule has 0 bridgehead atoms. The number of carbonyl (C=O) groups excluding carboxylic acids is 3. The second-order valence-corrected chi connectivity index (χ2v) is 7.20. The summed E-state index contributed by atoms with van der Waals surface area (Å²) < 4.78 is 5.38. The number of halogens is 1. The molecule has 0 aliphatic heterocycles. The Kier molecular flexibility index (Phi) is 7.72. The lowest BCUT2D eigenvalue weighted by atomic mass is 10.1. The first kappa shape index (κ1) is 22.7. The molecule has 0 aliphatic rings. The smallest absolute Gasteiger partial charge is 0.343 e. The molecule has 3 aromatic carbocycles. The molecule has 0 aliphatic carbocycles.